The number of hydrogen-bond acceptors (Lipinski definition) is 4. The van der Waals surface area contributed by atoms with Crippen LogP contribution in [0.3, 0.4) is 0 Å². The van der Waals surface area contributed by atoms with Gasteiger partial charge in [-0.2, -0.15) is 0 Å². The molecule has 2 rings (SSSR count). The standard InChI is InChI=1S/C14H20BrN3O2/c1-14(2,7-19)18(4)11-6-10-8(5-9(11)15)12(16-3)13(20)17-10/h5-6,12,16,19H,7H2,1-4H3,(H,17,20). The Balaban J connectivity index is 2.45. The molecule has 1 aromatic carbocycles. The maximum Gasteiger partial charge on any atom is 0.246 e. The van der Waals surface area contributed by atoms with E-state index in [-0.39, 0.29) is 24.1 Å². The topological polar surface area (TPSA) is 64.6 Å². The first-order chi connectivity index (χ1) is 9.31. The van der Waals surface area contributed by atoms with Crippen LogP contribution in [0.5, 0.6) is 0 Å². The van der Waals surface area contributed by atoms with Gasteiger partial charge in [-0.25, -0.2) is 0 Å². The van der Waals surface area contributed by atoms with Crippen LogP contribution in [0.2, 0.25) is 0 Å². The molecule has 0 aromatic heterocycles. The monoisotopic (exact) mass is 341 g/mol. The third-order valence-corrected chi connectivity index (χ3v) is 4.53. The van der Waals surface area contributed by atoms with Gasteiger partial charge in [-0.1, -0.05) is 0 Å². The van der Waals surface area contributed by atoms with Gasteiger partial charge in [-0.05, 0) is 49.0 Å². The van der Waals surface area contributed by atoms with Crippen LogP contribution in [0.25, 0.3) is 0 Å². The van der Waals surface area contributed by atoms with Crippen LogP contribution < -0.4 is 15.5 Å². The van der Waals surface area contributed by atoms with Crippen LogP contribution in [-0.2, 0) is 4.79 Å². The Morgan fingerprint density at radius 3 is 2.70 bits per heavy atom. The summed E-state index contributed by atoms with van der Waals surface area (Å²) in [6, 6.07) is 3.58. The number of nitrogens with one attached hydrogen (secondary N) is 2. The molecule has 1 unspecified atom stereocenters. The zero-order valence-electron chi connectivity index (χ0n) is 12.1. The predicted molar refractivity (Wildman–Crippen MR) is 84.1 cm³/mol. The quantitative estimate of drug-likeness (QED) is 0.782. The van der Waals surface area contributed by atoms with Crippen LogP contribution in [0.15, 0.2) is 16.6 Å². The van der Waals surface area contributed by atoms with E-state index in [0.717, 1.165) is 21.4 Å². The Labute approximate surface area is 127 Å². The van der Waals surface area contributed by atoms with E-state index in [1.54, 1.807) is 7.05 Å². The van der Waals surface area contributed by atoms with Crippen molar-refractivity contribution < 1.29 is 9.90 Å². The molecular weight excluding hydrogens is 322 g/mol. The second kappa shape index (κ2) is 5.35. The fraction of sp³-hybridized carbons (Fsp3) is 0.500. The minimum Gasteiger partial charge on any atom is -0.394 e. The number of halogens is 1. The molecule has 1 aromatic rings. The molecule has 0 spiro atoms. The smallest absolute Gasteiger partial charge is 0.246 e. The Hall–Kier alpha value is -1.11. The van der Waals surface area contributed by atoms with Gasteiger partial charge in [-0.3, -0.25) is 4.79 Å². The highest BCUT2D eigenvalue weighted by molar-refractivity contribution is 9.10. The molecule has 0 fully saturated rings. The molecule has 1 heterocycles. The number of rotatable bonds is 4. The lowest BCUT2D eigenvalue weighted by Crippen LogP contribution is -2.44. The number of carbonyl (C=O) groups is 1. The molecule has 0 bridgehead atoms. The molecule has 1 aliphatic heterocycles. The highest BCUT2D eigenvalue weighted by Gasteiger charge is 2.32. The van der Waals surface area contributed by atoms with Crippen molar-refractivity contribution >= 4 is 33.2 Å². The Morgan fingerprint density at radius 2 is 2.15 bits per heavy atom. The summed E-state index contributed by atoms with van der Waals surface area (Å²) in [7, 11) is 3.69. The fourth-order valence-corrected chi connectivity index (χ4v) is 2.87. The molecule has 110 valence electrons. The molecule has 5 nitrogen and oxygen atoms in total. The van der Waals surface area contributed by atoms with Crippen molar-refractivity contribution in [2.45, 2.75) is 25.4 Å². The Kier molecular flexibility index (Phi) is 4.09. The van der Waals surface area contributed by atoms with Crippen LogP contribution in [-0.4, -0.2) is 37.3 Å². The van der Waals surface area contributed by atoms with Crippen molar-refractivity contribution in [2.75, 3.05) is 30.9 Å². The average Bonchev–Trinajstić information content (AvgIpc) is 2.71. The molecular formula is C14H20BrN3O2. The van der Waals surface area contributed by atoms with E-state index in [2.05, 4.69) is 26.6 Å². The molecule has 0 aliphatic carbocycles. The normalized spacial score (nSPS) is 17.9. The van der Waals surface area contributed by atoms with E-state index in [1.165, 1.54) is 0 Å². The summed E-state index contributed by atoms with van der Waals surface area (Å²) >= 11 is 3.56. The van der Waals surface area contributed by atoms with Gasteiger partial charge in [0.05, 0.1) is 17.8 Å². The number of nitrogens with zero attached hydrogens (tertiary/aromatic N) is 1. The van der Waals surface area contributed by atoms with Crippen molar-refractivity contribution in [3.05, 3.63) is 22.2 Å². The first-order valence-electron chi connectivity index (χ1n) is 6.48. The maximum atomic E-state index is 11.9. The number of hydrogen-bond donors (Lipinski definition) is 3. The number of fused-ring (bicyclic) bond motifs is 1. The van der Waals surface area contributed by atoms with E-state index in [4.69, 9.17) is 0 Å². The average molecular weight is 342 g/mol. The second-order valence-electron chi connectivity index (χ2n) is 5.63. The maximum absolute atomic E-state index is 11.9. The van der Waals surface area contributed by atoms with Gasteiger partial charge in [0.15, 0.2) is 0 Å². The van der Waals surface area contributed by atoms with E-state index < -0.39 is 0 Å². The van der Waals surface area contributed by atoms with Crippen LogP contribution in [0.4, 0.5) is 11.4 Å². The molecule has 0 saturated carbocycles. The van der Waals surface area contributed by atoms with Gasteiger partial charge in [0.2, 0.25) is 5.91 Å². The minimum absolute atomic E-state index is 0.0402. The summed E-state index contributed by atoms with van der Waals surface area (Å²) in [6.45, 7) is 3.96. The number of likely N-dealkylation sites (N-methyl/N-ethyl adjacent to an activating group) is 2. The molecule has 20 heavy (non-hydrogen) atoms. The third kappa shape index (κ3) is 2.43. The van der Waals surface area contributed by atoms with Crippen LogP contribution >= 0.6 is 15.9 Å². The largest absolute Gasteiger partial charge is 0.394 e. The number of anilines is 2. The van der Waals surface area contributed by atoms with Gasteiger partial charge in [0.25, 0.3) is 0 Å². The predicted octanol–water partition coefficient (Wildman–Crippen LogP) is 1.87. The summed E-state index contributed by atoms with van der Waals surface area (Å²) in [5.41, 5.74) is 2.29. The zero-order chi connectivity index (χ0) is 15.1. The number of aliphatic hydroxyl groups is 1. The van der Waals surface area contributed by atoms with Gasteiger partial charge >= 0.3 is 0 Å². The summed E-state index contributed by atoms with van der Waals surface area (Å²) in [4.78, 5) is 13.9. The second-order valence-corrected chi connectivity index (χ2v) is 6.49. The lowest BCUT2D eigenvalue weighted by Gasteiger charge is -2.36. The Morgan fingerprint density at radius 1 is 1.50 bits per heavy atom. The lowest BCUT2D eigenvalue weighted by molar-refractivity contribution is -0.117. The molecule has 0 radical (unpaired) electrons. The van der Waals surface area contributed by atoms with Crippen molar-refractivity contribution in [1.82, 2.24) is 5.32 Å². The molecule has 6 heteroatoms. The van der Waals surface area contributed by atoms with Gasteiger partial charge < -0.3 is 20.6 Å². The minimum atomic E-state index is -0.387. The highest BCUT2D eigenvalue weighted by Crippen LogP contribution is 2.40. The van der Waals surface area contributed by atoms with Crippen molar-refractivity contribution in [1.29, 1.82) is 0 Å². The van der Waals surface area contributed by atoms with Gasteiger partial charge in [0, 0.05) is 22.8 Å². The van der Waals surface area contributed by atoms with Gasteiger partial charge in [-0.15, -0.1) is 0 Å². The molecule has 1 atom stereocenters. The highest BCUT2D eigenvalue weighted by atomic mass is 79.9. The van der Waals surface area contributed by atoms with Crippen molar-refractivity contribution in [3.63, 3.8) is 0 Å². The number of carbonyl (C=O) groups excluding carboxylic acids is 1. The summed E-state index contributed by atoms with van der Waals surface area (Å²) in [5.74, 6) is -0.0457. The first-order valence-corrected chi connectivity index (χ1v) is 7.27. The Bertz CT molecular complexity index is 545. The van der Waals surface area contributed by atoms with E-state index in [0.29, 0.717) is 0 Å². The lowest BCUT2D eigenvalue weighted by atomic mass is 10.0. The molecule has 1 aliphatic rings. The van der Waals surface area contributed by atoms with Crippen molar-refractivity contribution in [2.24, 2.45) is 0 Å². The van der Waals surface area contributed by atoms with Crippen LogP contribution in [0.1, 0.15) is 25.5 Å². The number of aliphatic hydroxyl groups excluding tert-OH is 1. The molecule has 3 N–H and O–H groups in total. The number of benzene rings is 1. The van der Waals surface area contributed by atoms with E-state index in [1.807, 2.05) is 37.9 Å². The summed E-state index contributed by atoms with van der Waals surface area (Å²) in [6.07, 6.45) is 0. The SMILES string of the molecule is CNC1C(=O)Nc2cc(N(C)C(C)(C)CO)c(Br)cc21. The third-order valence-electron chi connectivity index (χ3n) is 3.90. The number of amides is 1. The summed E-state index contributed by atoms with van der Waals surface area (Å²) < 4.78 is 0.900. The van der Waals surface area contributed by atoms with Crippen LogP contribution in [0, 0.1) is 0 Å². The zero-order valence-corrected chi connectivity index (χ0v) is 13.7. The first kappa shape index (κ1) is 15.3. The van der Waals surface area contributed by atoms with E-state index in [9.17, 15) is 9.90 Å². The molecule has 0 saturated heterocycles. The van der Waals surface area contributed by atoms with Crippen molar-refractivity contribution in [3.8, 4) is 0 Å². The van der Waals surface area contributed by atoms with Gasteiger partial charge in [0.1, 0.15) is 6.04 Å². The summed E-state index contributed by atoms with van der Waals surface area (Å²) in [5, 5.41) is 15.4. The fourth-order valence-electron chi connectivity index (χ4n) is 2.25. The van der Waals surface area contributed by atoms with E-state index >= 15 is 0 Å². The molecule has 1 amide bonds.